The molecule has 1 aliphatic rings. The first-order chi connectivity index (χ1) is 6.57. The molecule has 0 aromatic carbocycles. The van der Waals surface area contributed by atoms with E-state index in [1.807, 2.05) is 20.8 Å². The molecule has 0 N–H and O–H groups in total. The third-order valence-electron chi connectivity index (χ3n) is 2.78. The van der Waals surface area contributed by atoms with E-state index < -0.39 is 5.92 Å². The molecule has 3 unspecified atom stereocenters. The molecule has 0 aromatic heterocycles. The Hall–Kier alpha value is -0.880. The molecule has 0 aromatic rings. The zero-order valence-electron chi connectivity index (χ0n) is 8.99. The van der Waals surface area contributed by atoms with Crippen LogP contribution < -0.4 is 0 Å². The van der Waals surface area contributed by atoms with Gasteiger partial charge in [-0.2, -0.15) is 5.26 Å². The predicted molar refractivity (Wildman–Crippen MR) is 52.5 cm³/mol. The molecule has 0 amide bonds. The lowest BCUT2D eigenvalue weighted by Gasteiger charge is -2.18. The number of nitriles is 1. The van der Waals surface area contributed by atoms with Gasteiger partial charge in [0, 0.05) is 6.61 Å². The molecule has 0 bridgehead atoms. The molecule has 1 saturated heterocycles. The van der Waals surface area contributed by atoms with Gasteiger partial charge in [0.05, 0.1) is 6.07 Å². The topological polar surface area (TPSA) is 50.1 Å². The highest BCUT2D eigenvalue weighted by atomic mass is 16.5. The molecule has 3 heteroatoms. The van der Waals surface area contributed by atoms with Crippen LogP contribution in [0.1, 0.15) is 27.2 Å². The standard InChI is InChI=1S/C11H17NO2/c1-7(2)9(6-12)10(13)11-8(3)4-5-14-11/h7-9,11H,4-5H2,1-3H3. The summed E-state index contributed by atoms with van der Waals surface area (Å²) in [5.74, 6) is -0.214. The lowest BCUT2D eigenvalue weighted by atomic mass is 9.86. The first-order valence-corrected chi connectivity index (χ1v) is 5.13. The number of ether oxygens (including phenoxy) is 1. The van der Waals surface area contributed by atoms with Crippen molar-refractivity contribution >= 4 is 5.78 Å². The van der Waals surface area contributed by atoms with E-state index >= 15 is 0 Å². The van der Waals surface area contributed by atoms with Gasteiger partial charge in [-0.1, -0.05) is 20.8 Å². The van der Waals surface area contributed by atoms with Crippen molar-refractivity contribution in [2.75, 3.05) is 6.61 Å². The molecule has 1 aliphatic heterocycles. The van der Waals surface area contributed by atoms with Gasteiger partial charge in [0.25, 0.3) is 0 Å². The predicted octanol–water partition coefficient (Wildman–Crippen LogP) is 1.78. The van der Waals surface area contributed by atoms with Gasteiger partial charge in [0.15, 0.2) is 5.78 Å². The van der Waals surface area contributed by atoms with E-state index in [9.17, 15) is 4.79 Å². The minimum Gasteiger partial charge on any atom is -0.370 e. The van der Waals surface area contributed by atoms with E-state index in [0.29, 0.717) is 6.61 Å². The van der Waals surface area contributed by atoms with E-state index in [4.69, 9.17) is 10.00 Å². The number of hydrogen-bond donors (Lipinski definition) is 0. The zero-order chi connectivity index (χ0) is 10.7. The quantitative estimate of drug-likeness (QED) is 0.689. The Kier molecular flexibility index (Phi) is 3.65. The van der Waals surface area contributed by atoms with Crippen LogP contribution in [-0.2, 0) is 9.53 Å². The molecule has 1 fully saturated rings. The second kappa shape index (κ2) is 4.56. The summed E-state index contributed by atoms with van der Waals surface area (Å²) >= 11 is 0. The van der Waals surface area contributed by atoms with Crippen molar-refractivity contribution in [2.24, 2.45) is 17.8 Å². The molecule has 0 spiro atoms. The maximum atomic E-state index is 11.9. The summed E-state index contributed by atoms with van der Waals surface area (Å²) in [6, 6.07) is 2.07. The Bertz CT molecular complexity index is 255. The first kappa shape index (κ1) is 11.2. The monoisotopic (exact) mass is 195 g/mol. The van der Waals surface area contributed by atoms with Crippen LogP contribution in [-0.4, -0.2) is 18.5 Å². The highest BCUT2D eigenvalue weighted by molar-refractivity contribution is 5.88. The van der Waals surface area contributed by atoms with E-state index in [1.165, 1.54) is 0 Å². The van der Waals surface area contributed by atoms with Crippen molar-refractivity contribution in [3.63, 3.8) is 0 Å². The van der Waals surface area contributed by atoms with Gasteiger partial charge < -0.3 is 4.74 Å². The Labute approximate surface area is 85.1 Å². The summed E-state index contributed by atoms with van der Waals surface area (Å²) in [6.07, 6.45) is 0.578. The summed E-state index contributed by atoms with van der Waals surface area (Å²) in [7, 11) is 0. The van der Waals surface area contributed by atoms with Crippen LogP contribution in [0.5, 0.6) is 0 Å². The molecule has 3 nitrogen and oxygen atoms in total. The average Bonchev–Trinajstić information content (AvgIpc) is 2.51. The molecular weight excluding hydrogens is 178 g/mol. The summed E-state index contributed by atoms with van der Waals surface area (Å²) < 4.78 is 5.36. The third kappa shape index (κ3) is 2.13. The number of hydrogen-bond acceptors (Lipinski definition) is 3. The highest BCUT2D eigenvalue weighted by Gasteiger charge is 2.36. The fourth-order valence-corrected chi connectivity index (χ4v) is 1.78. The number of ketones is 1. The van der Waals surface area contributed by atoms with E-state index in [1.54, 1.807) is 0 Å². The van der Waals surface area contributed by atoms with Crippen molar-refractivity contribution in [1.82, 2.24) is 0 Å². The molecule has 1 heterocycles. The van der Waals surface area contributed by atoms with Crippen LogP contribution in [0.2, 0.25) is 0 Å². The first-order valence-electron chi connectivity index (χ1n) is 5.13. The van der Waals surface area contributed by atoms with E-state index in [-0.39, 0.29) is 23.7 Å². The Morgan fingerprint density at radius 1 is 1.57 bits per heavy atom. The number of rotatable bonds is 3. The van der Waals surface area contributed by atoms with Gasteiger partial charge in [-0.25, -0.2) is 0 Å². The number of carbonyl (C=O) groups excluding carboxylic acids is 1. The van der Waals surface area contributed by atoms with Gasteiger partial charge in [-0.15, -0.1) is 0 Å². The largest absolute Gasteiger partial charge is 0.370 e. The van der Waals surface area contributed by atoms with Gasteiger partial charge in [-0.05, 0) is 18.3 Å². The van der Waals surface area contributed by atoms with Crippen LogP contribution >= 0.6 is 0 Å². The summed E-state index contributed by atoms with van der Waals surface area (Å²) in [6.45, 7) is 6.44. The van der Waals surface area contributed by atoms with Gasteiger partial charge in [-0.3, -0.25) is 4.79 Å². The maximum Gasteiger partial charge on any atom is 0.179 e. The third-order valence-corrected chi connectivity index (χ3v) is 2.78. The maximum absolute atomic E-state index is 11.9. The van der Waals surface area contributed by atoms with Crippen LogP contribution in [0.15, 0.2) is 0 Å². The summed E-state index contributed by atoms with van der Waals surface area (Å²) in [5, 5.41) is 8.89. The minimum absolute atomic E-state index is 0.0347. The second-order valence-electron chi connectivity index (χ2n) is 4.31. The zero-order valence-corrected chi connectivity index (χ0v) is 8.99. The van der Waals surface area contributed by atoms with Crippen molar-refractivity contribution in [2.45, 2.75) is 33.3 Å². The Morgan fingerprint density at radius 3 is 2.57 bits per heavy atom. The van der Waals surface area contributed by atoms with Crippen LogP contribution in [0.4, 0.5) is 0 Å². The minimum atomic E-state index is -0.513. The number of Topliss-reactive ketones (excluding diaryl/α,β-unsaturated/α-hetero) is 1. The van der Waals surface area contributed by atoms with Gasteiger partial charge in [0.2, 0.25) is 0 Å². The molecule has 78 valence electrons. The molecule has 1 rings (SSSR count). The molecule has 14 heavy (non-hydrogen) atoms. The van der Waals surface area contributed by atoms with Crippen molar-refractivity contribution < 1.29 is 9.53 Å². The van der Waals surface area contributed by atoms with Crippen molar-refractivity contribution in [3.8, 4) is 6.07 Å². The summed E-state index contributed by atoms with van der Waals surface area (Å²) in [4.78, 5) is 11.9. The Morgan fingerprint density at radius 2 is 2.21 bits per heavy atom. The van der Waals surface area contributed by atoms with Crippen molar-refractivity contribution in [1.29, 1.82) is 5.26 Å². The van der Waals surface area contributed by atoms with Crippen LogP contribution in [0.25, 0.3) is 0 Å². The lowest BCUT2D eigenvalue weighted by molar-refractivity contribution is -0.132. The van der Waals surface area contributed by atoms with E-state index in [2.05, 4.69) is 6.07 Å². The van der Waals surface area contributed by atoms with Crippen LogP contribution in [0, 0.1) is 29.1 Å². The molecule has 0 aliphatic carbocycles. The SMILES string of the molecule is CC(C)C(C#N)C(=O)C1OCCC1C. The number of carbonyl (C=O) groups is 1. The molecular formula is C11H17NO2. The molecule has 3 atom stereocenters. The van der Waals surface area contributed by atoms with Gasteiger partial charge >= 0.3 is 0 Å². The van der Waals surface area contributed by atoms with Gasteiger partial charge in [0.1, 0.15) is 12.0 Å². The summed E-state index contributed by atoms with van der Waals surface area (Å²) in [5.41, 5.74) is 0. The highest BCUT2D eigenvalue weighted by Crippen LogP contribution is 2.25. The fraction of sp³-hybridized carbons (Fsp3) is 0.818. The fourth-order valence-electron chi connectivity index (χ4n) is 1.78. The second-order valence-corrected chi connectivity index (χ2v) is 4.31. The molecule has 0 saturated carbocycles. The lowest BCUT2D eigenvalue weighted by Crippen LogP contribution is -2.33. The number of nitrogens with zero attached hydrogens (tertiary/aromatic N) is 1. The Balaban J connectivity index is 2.68. The van der Waals surface area contributed by atoms with Crippen molar-refractivity contribution in [3.05, 3.63) is 0 Å². The average molecular weight is 195 g/mol. The van der Waals surface area contributed by atoms with Crippen LogP contribution in [0.3, 0.4) is 0 Å². The molecule has 0 radical (unpaired) electrons. The van der Waals surface area contributed by atoms with E-state index in [0.717, 1.165) is 6.42 Å². The smallest absolute Gasteiger partial charge is 0.179 e. The normalized spacial score (nSPS) is 28.8.